The number of aromatic nitrogens is 1. The van der Waals surface area contributed by atoms with E-state index in [4.69, 9.17) is 11.6 Å². The van der Waals surface area contributed by atoms with E-state index < -0.39 is 0 Å². The molecule has 3 aromatic rings. The number of nitrogens with zero attached hydrogens (tertiary/aromatic N) is 1. The molecule has 90 valence electrons. The lowest BCUT2D eigenvalue weighted by molar-refractivity contribution is 0.805. The molecule has 0 N–H and O–H groups in total. The molecule has 0 unspecified atom stereocenters. The molecule has 2 aromatic carbocycles. The minimum Gasteiger partial charge on any atom is -0.341 e. The molecule has 0 bridgehead atoms. The SMILES string of the molecule is CCn1c(-c2cccc(Cl)c2)cc2ccccc21. The lowest BCUT2D eigenvalue weighted by Gasteiger charge is -2.08. The maximum Gasteiger partial charge on any atom is 0.0491 e. The van der Waals surface area contributed by atoms with Crippen molar-refractivity contribution in [2.45, 2.75) is 13.5 Å². The zero-order valence-corrected chi connectivity index (χ0v) is 11.0. The van der Waals surface area contributed by atoms with Gasteiger partial charge < -0.3 is 4.57 Å². The summed E-state index contributed by atoms with van der Waals surface area (Å²) >= 11 is 6.08. The van der Waals surface area contributed by atoms with E-state index in [1.807, 2.05) is 18.2 Å². The van der Waals surface area contributed by atoms with Gasteiger partial charge in [0.15, 0.2) is 0 Å². The van der Waals surface area contributed by atoms with Gasteiger partial charge in [-0.3, -0.25) is 0 Å². The first-order valence-electron chi connectivity index (χ1n) is 6.14. The van der Waals surface area contributed by atoms with Gasteiger partial charge in [-0.25, -0.2) is 0 Å². The lowest BCUT2D eigenvalue weighted by atomic mass is 10.1. The Morgan fingerprint density at radius 2 is 1.83 bits per heavy atom. The van der Waals surface area contributed by atoms with Gasteiger partial charge in [0.1, 0.15) is 0 Å². The molecule has 1 nitrogen and oxygen atoms in total. The summed E-state index contributed by atoms with van der Waals surface area (Å²) in [5, 5.41) is 2.05. The van der Waals surface area contributed by atoms with E-state index in [9.17, 15) is 0 Å². The van der Waals surface area contributed by atoms with Crippen LogP contribution in [-0.4, -0.2) is 4.57 Å². The summed E-state index contributed by atoms with van der Waals surface area (Å²) in [7, 11) is 0. The smallest absolute Gasteiger partial charge is 0.0491 e. The van der Waals surface area contributed by atoms with Crippen molar-refractivity contribution < 1.29 is 0 Å². The van der Waals surface area contributed by atoms with Crippen molar-refractivity contribution in [3.63, 3.8) is 0 Å². The average molecular weight is 256 g/mol. The van der Waals surface area contributed by atoms with Crippen LogP contribution >= 0.6 is 11.6 Å². The standard InChI is InChI=1S/C16H14ClN/c1-2-18-15-9-4-3-6-13(15)11-16(18)12-7-5-8-14(17)10-12/h3-11H,2H2,1H3. The number of rotatable bonds is 2. The maximum atomic E-state index is 6.08. The average Bonchev–Trinajstić information content (AvgIpc) is 2.77. The van der Waals surface area contributed by atoms with Gasteiger partial charge in [-0.05, 0) is 36.8 Å². The van der Waals surface area contributed by atoms with Crippen molar-refractivity contribution in [2.24, 2.45) is 0 Å². The van der Waals surface area contributed by atoms with Gasteiger partial charge in [0.25, 0.3) is 0 Å². The molecule has 1 aromatic heterocycles. The van der Waals surface area contributed by atoms with Crippen LogP contribution in [0.15, 0.2) is 54.6 Å². The Morgan fingerprint density at radius 1 is 1.00 bits per heavy atom. The number of hydrogen-bond acceptors (Lipinski definition) is 0. The minimum absolute atomic E-state index is 0.778. The van der Waals surface area contributed by atoms with Crippen LogP contribution in [0.2, 0.25) is 5.02 Å². The van der Waals surface area contributed by atoms with Gasteiger partial charge in [-0.15, -0.1) is 0 Å². The fourth-order valence-electron chi connectivity index (χ4n) is 2.44. The third kappa shape index (κ3) is 1.81. The van der Waals surface area contributed by atoms with Gasteiger partial charge in [0.05, 0.1) is 0 Å². The van der Waals surface area contributed by atoms with Crippen LogP contribution in [0.5, 0.6) is 0 Å². The minimum atomic E-state index is 0.778. The second-order valence-electron chi connectivity index (χ2n) is 4.34. The normalized spacial score (nSPS) is 11.0. The van der Waals surface area contributed by atoms with Crippen molar-refractivity contribution in [3.8, 4) is 11.3 Å². The van der Waals surface area contributed by atoms with E-state index >= 15 is 0 Å². The summed E-state index contributed by atoms with van der Waals surface area (Å²) in [4.78, 5) is 0. The highest BCUT2D eigenvalue weighted by Crippen LogP contribution is 2.29. The Hall–Kier alpha value is -1.73. The molecule has 0 aliphatic heterocycles. The van der Waals surface area contributed by atoms with Crippen molar-refractivity contribution in [3.05, 3.63) is 59.6 Å². The summed E-state index contributed by atoms with van der Waals surface area (Å²) in [6.45, 7) is 3.12. The molecular weight excluding hydrogens is 242 g/mol. The van der Waals surface area contributed by atoms with E-state index in [2.05, 4.69) is 47.9 Å². The van der Waals surface area contributed by atoms with E-state index in [0.29, 0.717) is 0 Å². The first kappa shape index (κ1) is 11.4. The summed E-state index contributed by atoms with van der Waals surface area (Å²) in [6.07, 6.45) is 0. The van der Waals surface area contributed by atoms with E-state index in [1.165, 1.54) is 22.2 Å². The number of para-hydroxylation sites is 1. The first-order valence-corrected chi connectivity index (χ1v) is 6.51. The van der Waals surface area contributed by atoms with Crippen molar-refractivity contribution >= 4 is 22.5 Å². The molecule has 0 aliphatic carbocycles. The van der Waals surface area contributed by atoms with E-state index in [1.54, 1.807) is 0 Å². The lowest BCUT2D eigenvalue weighted by Crippen LogP contribution is -1.96. The quantitative estimate of drug-likeness (QED) is 0.609. The zero-order chi connectivity index (χ0) is 12.5. The molecule has 2 heteroatoms. The van der Waals surface area contributed by atoms with Gasteiger partial charge in [0.2, 0.25) is 0 Å². The van der Waals surface area contributed by atoms with Gasteiger partial charge >= 0.3 is 0 Å². The molecule has 18 heavy (non-hydrogen) atoms. The summed E-state index contributed by atoms with van der Waals surface area (Å²) in [6, 6.07) is 18.7. The molecule has 0 amide bonds. The molecule has 0 spiro atoms. The summed E-state index contributed by atoms with van der Waals surface area (Å²) < 4.78 is 2.32. The van der Waals surface area contributed by atoms with Crippen LogP contribution in [0.4, 0.5) is 0 Å². The fourth-order valence-corrected chi connectivity index (χ4v) is 2.63. The van der Waals surface area contributed by atoms with Gasteiger partial charge in [0, 0.05) is 28.2 Å². The predicted molar refractivity (Wildman–Crippen MR) is 78.1 cm³/mol. The molecule has 0 atom stereocenters. The summed E-state index contributed by atoms with van der Waals surface area (Å²) in [5.41, 5.74) is 3.66. The Bertz CT molecular complexity index is 697. The number of fused-ring (bicyclic) bond motifs is 1. The third-order valence-corrected chi connectivity index (χ3v) is 3.48. The van der Waals surface area contributed by atoms with Crippen molar-refractivity contribution in [2.75, 3.05) is 0 Å². The Labute approximate surface area is 112 Å². The van der Waals surface area contributed by atoms with Gasteiger partial charge in [-0.1, -0.05) is 41.9 Å². The largest absolute Gasteiger partial charge is 0.341 e. The molecule has 0 aliphatic rings. The molecule has 1 heterocycles. The fraction of sp³-hybridized carbons (Fsp3) is 0.125. The van der Waals surface area contributed by atoms with Crippen LogP contribution in [-0.2, 0) is 6.54 Å². The Balaban J connectivity index is 2.28. The second-order valence-corrected chi connectivity index (χ2v) is 4.78. The molecular formula is C16H14ClN. The van der Waals surface area contributed by atoms with Crippen LogP contribution in [0.1, 0.15) is 6.92 Å². The highest BCUT2D eigenvalue weighted by Gasteiger charge is 2.08. The molecule has 0 saturated carbocycles. The van der Waals surface area contributed by atoms with Crippen LogP contribution < -0.4 is 0 Å². The molecule has 0 saturated heterocycles. The number of halogens is 1. The molecule has 0 radical (unpaired) electrons. The third-order valence-electron chi connectivity index (χ3n) is 3.25. The highest BCUT2D eigenvalue weighted by atomic mass is 35.5. The Morgan fingerprint density at radius 3 is 2.61 bits per heavy atom. The molecule has 0 fully saturated rings. The monoisotopic (exact) mass is 255 g/mol. The van der Waals surface area contributed by atoms with Crippen LogP contribution in [0.3, 0.4) is 0 Å². The topological polar surface area (TPSA) is 4.93 Å². The highest BCUT2D eigenvalue weighted by molar-refractivity contribution is 6.30. The Kier molecular flexibility index (Phi) is 2.85. The van der Waals surface area contributed by atoms with Crippen LogP contribution in [0, 0.1) is 0 Å². The van der Waals surface area contributed by atoms with E-state index in [0.717, 1.165) is 11.6 Å². The van der Waals surface area contributed by atoms with Crippen molar-refractivity contribution in [1.29, 1.82) is 0 Å². The van der Waals surface area contributed by atoms with Gasteiger partial charge in [-0.2, -0.15) is 0 Å². The number of benzene rings is 2. The zero-order valence-electron chi connectivity index (χ0n) is 10.2. The summed E-state index contributed by atoms with van der Waals surface area (Å²) in [5.74, 6) is 0. The van der Waals surface area contributed by atoms with Crippen LogP contribution in [0.25, 0.3) is 22.2 Å². The molecule has 3 rings (SSSR count). The second kappa shape index (κ2) is 4.51. The number of aryl methyl sites for hydroxylation is 1. The van der Waals surface area contributed by atoms with Crippen molar-refractivity contribution in [1.82, 2.24) is 4.57 Å². The number of hydrogen-bond donors (Lipinski definition) is 0. The first-order chi connectivity index (χ1) is 8.79. The predicted octanol–water partition coefficient (Wildman–Crippen LogP) is 4.98. The maximum absolute atomic E-state index is 6.08. The van der Waals surface area contributed by atoms with E-state index in [-0.39, 0.29) is 0 Å².